The minimum atomic E-state index is -0.406. The van der Waals surface area contributed by atoms with Crippen molar-refractivity contribution in [2.75, 3.05) is 0 Å². The highest BCUT2D eigenvalue weighted by molar-refractivity contribution is 9.10. The molecule has 0 N–H and O–H groups in total. The van der Waals surface area contributed by atoms with E-state index < -0.39 is 12.1 Å². The Morgan fingerprint density at radius 2 is 2.00 bits per heavy atom. The monoisotopic (exact) mass is 286 g/mol. The molecule has 1 aromatic heterocycles. The van der Waals surface area contributed by atoms with Gasteiger partial charge in [-0.1, -0.05) is 29.7 Å². The lowest BCUT2D eigenvalue weighted by atomic mass is 10.1. The molecule has 0 unspecified atom stereocenters. The van der Waals surface area contributed by atoms with Gasteiger partial charge in [-0.3, -0.25) is 0 Å². The van der Waals surface area contributed by atoms with E-state index in [0.717, 1.165) is 0 Å². The molecule has 0 aliphatic carbocycles. The van der Waals surface area contributed by atoms with Crippen LogP contribution in [0, 0.1) is 0 Å². The van der Waals surface area contributed by atoms with Crippen LogP contribution in [0.1, 0.15) is 8.22 Å². The third-order valence-corrected chi connectivity index (χ3v) is 2.88. The Bertz CT molecular complexity index is 861. The molecule has 0 atom stereocenters. The minimum absolute atomic E-state index is 0.0383. The number of para-hydroxylation sites is 1. The van der Waals surface area contributed by atoms with Crippen LogP contribution < -0.4 is 0 Å². The molecule has 0 saturated carbocycles. The molecular formula is C12H6BrClO. The van der Waals surface area contributed by atoms with Crippen molar-refractivity contribution in [3.63, 3.8) is 0 Å². The largest absolute Gasteiger partial charge is 0.455 e. The Balaban J connectivity index is 2.73. The Morgan fingerprint density at radius 1 is 1.20 bits per heavy atom. The summed E-state index contributed by atoms with van der Waals surface area (Å²) in [4.78, 5) is 0. The molecule has 2 aromatic carbocycles. The maximum atomic E-state index is 7.98. The SMILES string of the molecule is [2H]c1c([2H])c([2H])c2c(oc3c(Br)c([2H])c([2H])c(Cl)c32)c1[2H]. The number of benzene rings is 2. The fraction of sp³-hybridized carbons (Fsp3) is 0. The predicted molar refractivity (Wildman–Crippen MR) is 66.4 cm³/mol. The lowest BCUT2D eigenvalue weighted by Gasteiger charge is -1.94. The second-order valence-electron chi connectivity index (χ2n) is 2.89. The third kappa shape index (κ3) is 1.29. The molecule has 0 spiro atoms. The van der Waals surface area contributed by atoms with Crippen LogP contribution in [-0.2, 0) is 0 Å². The van der Waals surface area contributed by atoms with E-state index in [4.69, 9.17) is 24.2 Å². The Morgan fingerprint density at radius 3 is 2.87 bits per heavy atom. The Labute approximate surface area is 108 Å². The van der Waals surface area contributed by atoms with Crippen LogP contribution in [-0.4, -0.2) is 0 Å². The van der Waals surface area contributed by atoms with Crippen molar-refractivity contribution >= 4 is 49.5 Å². The number of rotatable bonds is 0. The van der Waals surface area contributed by atoms with E-state index in [-0.39, 0.29) is 55.6 Å². The van der Waals surface area contributed by atoms with Crippen LogP contribution in [0.4, 0.5) is 0 Å². The summed E-state index contributed by atoms with van der Waals surface area (Å²) < 4.78 is 52.5. The highest BCUT2D eigenvalue weighted by Crippen LogP contribution is 2.37. The summed E-state index contributed by atoms with van der Waals surface area (Å²) in [5.41, 5.74) is 0.103. The average Bonchev–Trinajstić information content (AvgIpc) is 2.87. The Hall–Kier alpha value is -0.990. The summed E-state index contributed by atoms with van der Waals surface area (Å²) in [5.74, 6) is 0. The van der Waals surface area contributed by atoms with Crippen LogP contribution >= 0.6 is 27.5 Å². The first-order valence-corrected chi connectivity index (χ1v) is 5.21. The van der Waals surface area contributed by atoms with Gasteiger partial charge in [-0.05, 0) is 34.1 Å². The van der Waals surface area contributed by atoms with Crippen LogP contribution in [0.3, 0.4) is 0 Å². The summed E-state index contributed by atoms with van der Waals surface area (Å²) in [6, 6.07) is -1.80. The molecule has 0 aliphatic heterocycles. The third-order valence-electron chi connectivity index (χ3n) is 2.04. The first-order valence-electron chi connectivity index (χ1n) is 7.04. The minimum Gasteiger partial charge on any atom is -0.455 e. The second kappa shape index (κ2) is 3.26. The van der Waals surface area contributed by atoms with Crippen LogP contribution in [0.25, 0.3) is 21.9 Å². The van der Waals surface area contributed by atoms with E-state index in [2.05, 4.69) is 15.9 Å². The van der Waals surface area contributed by atoms with Crippen molar-refractivity contribution in [2.24, 2.45) is 0 Å². The molecule has 0 fully saturated rings. The molecule has 0 bridgehead atoms. The van der Waals surface area contributed by atoms with E-state index in [1.54, 1.807) is 0 Å². The molecule has 0 aliphatic rings. The van der Waals surface area contributed by atoms with Crippen molar-refractivity contribution in [2.45, 2.75) is 0 Å². The summed E-state index contributed by atoms with van der Waals surface area (Å²) in [6.45, 7) is 0. The molecule has 3 rings (SSSR count). The highest BCUT2D eigenvalue weighted by Gasteiger charge is 2.11. The van der Waals surface area contributed by atoms with Gasteiger partial charge in [0.1, 0.15) is 5.58 Å². The lowest BCUT2D eigenvalue weighted by Crippen LogP contribution is -1.70. The highest BCUT2D eigenvalue weighted by atomic mass is 79.9. The number of hydrogen-bond donors (Lipinski definition) is 0. The first-order chi connectivity index (χ1) is 9.77. The van der Waals surface area contributed by atoms with Crippen molar-refractivity contribution in [3.05, 3.63) is 45.7 Å². The van der Waals surface area contributed by atoms with Gasteiger partial charge in [0.2, 0.25) is 0 Å². The zero-order valence-corrected chi connectivity index (χ0v) is 9.51. The van der Waals surface area contributed by atoms with E-state index in [9.17, 15) is 0 Å². The fourth-order valence-electron chi connectivity index (χ4n) is 1.41. The normalized spacial score (nSPS) is 16.9. The van der Waals surface area contributed by atoms with Gasteiger partial charge < -0.3 is 4.42 Å². The summed E-state index contributed by atoms with van der Waals surface area (Å²) in [6.07, 6.45) is 0. The number of furan rings is 1. The van der Waals surface area contributed by atoms with Gasteiger partial charge in [0.05, 0.1) is 17.7 Å². The van der Waals surface area contributed by atoms with E-state index in [1.807, 2.05) is 0 Å². The van der Waals surface area contributed by atoms with Gasteiger partial charge in [-0.25, -0.2) is 0 Å². The molecule has 1 nitrogen and oxygen atoms in total. The first kappa shape index (κ1) is 4.89. The van der Waals surface area contributed by atoms with Gasteiger partial charge in [0.15, 0.2) is 5.58 Å². The molecule has 0 saturated heterocycles. The quantitative estimate of drug-likeness (QED) is 0.567. The zero-order valence-electron chi connectivity index (χ0n) is 13.2. The van der Waals surface area contributed by atoms with E-state index >= 15 is 0 Å². The van der Waals surface area contributed by atoms with Crippen molar-refractivity contribution in [1.29, 1.82) is 0 Å². The average molecular weight is 288 g/mol. The Kier molecular flexibility index (Phi) is 1.06. The molecule has 15 heavy (non-hydrogen) atoms. The predicted octanol–water partition coefficient (Wildman–Crippen LogP) is 5.00. The van der Waals surface area contributed by atoms with E-state index in [0.29, 0.717) is 0 Å². The number of fused-ring (bicyclic) bond motifs is 3. The van der Waals surface area contributed by atoms with Crippen LogP contribution in [0.15, 0.2) is 45.1 Å². The van der Waals surface area contributed by atoms with Crippen LogP contribution in [0.5, 0.6) is 0 Å². The molecule has 0 amide bonds. The van der Waals surface area contributed by atoms with Crippen molar-refractivity contribution in [3.8, 4) is 0 Å². The molecule has 3 heteroatoms. The van der Waals surface area contributed by atoms with Gasteiger partial charge in [-0.2, -0.15) is 0 Å². The van der Waals surface area contributed by atoms with Gasteiger partial charge in [0, 0.05) is 10.8 Å². The van der Waals surface area contributed by atoms with Crippen LogP contribution in [0.2, 0.25) is 5.02 Å². The maximum absolute atomic E-state index is 7.98. The molecule has 74 valence electrons. The molecule has 3 aromatic rings. The molecule has 1 heterocycles. The number of hydrogen-bond acceptors (Lipinski definition) is 1. The maximum Gasteiger partial charge on any atom is 0.151 e. The fourth-order valence-corrected chi connectivity index (χ4v) is 2.02. The molecule has 0 radical (unpaired) electrons. The number of halogens is 2. The van der Waals surface area contributed by atoms with Gasteiger partial charge >= 0.3 is 0 Å². The molecular weight excluding hydrogens is 275 g/mol. The van der Waals surface area contributed by atoms with E-state index in [1.165, 1.54) is 0 Å². The topological polar surface area (TPSA) is 13.1 Å². The van der Waals surface area contributed by atoms with Crippen molar-refractivity contribution in [1.82, 2.24) is 0 Å². The summed E-state index contributed by atoms with van der Waals surface area (Å²) in [7, 11) is 0. The zero-order chi connectivity index (χ0) is 15.6. The van der Waals surface area contributed by atoms with Gasteiger partial charge in [-0.15, -0.1) is 0 Å². The van der Waals surface area contributed by atoms with Gasteiger partial charge in [0.25, 0.3) is 0 Å². The standard InChI is InChI=1S/C12H6BrClO/c13-8-5-6-9(14)11-7-3-1-2-4-10(7)15-12(8)11/h1-6H/i1D,2D,3D,4D,5D,6D. The van der Waals surface area contributed by atoms with Crippen molar-refractivity contribution < 1.29 is 12.6 Å². The summed E-state index contributed by atoms with van der Waals surface area (Å²) in [5, 5.41) is 0.267. The smallest absolute Gasteiger partial charge is 0.151 e. The summed E-state index contributed by atoms with van der Waals surface area (Å²) >= 11 is 9.25. The lowest BCUT2D eigenvalue weighted by molar-refractivity contribution is 0.667. The second-order valence-corrected chi connectivity index (χ2v) is 4.06.